The van der Waals surface area contributed by atoms with Gasteiger partial charge < -0.3 is 4.74 Å². The molecular weight excluding hydrogens is 168 g/mol. The average molecular weight is 186 g/mol. The summed E-state index contributed by atoms with van der Waals surface area (Å²) in [5.41, 5.74) is 0. The fraction of sp³-hybridized carbons (Fsp3) is 0.700. The predicted octanol–water partition coefficient (Wildman–Crippen LogP) is 3.49. The molecule has 0 aliphatic heterocycles. The lowest BCUT2D eigenvalue weighted by atomic mass is 10.2. The van der Waals surface area contributed by atoms with Crippen LogP contribution in [0.15, 0.2) is 12.7 Å². The maximum absolute atomic E-state index is 5.18. The number of unbranched alkanes of at least 4 members (excludes halogenated alkanes) is 3. The highest BCUT2D eigenvalue weighted by Crippen LogP contribution is 2.04. The average Bonchev–Trinajstić information content (AvgIpc) is 2.09. The van der Waals surface area contributed by atoms with Gasteiger partial charge in [0.05, 0.1) is 0 Å². The van der Waals surface area contributed by atoms with Gasteiger partial charge in [-0.25, -0.2) is 0 Å². The first-order valence-electron chi connectivity index (χ1n) is 4.57. The van der Waals surface area contributed by atoms with Crippen molar-refractivity contribution in [2.24, 2.45) is 0 Å². The van der Waals surface area contributed by atoms with E-state index in [1.807, 2.05) is 0 Å². The fourth-order valence-corrected chi connectivity index (χ4v) is 1.13. The molecule has 70 valence electrons. The molecule has 0 spiro atoms. The third-order valence-corrected chi connectivity index (χ3v) is 1.92. The molecule has 0 N–H and O–H groups in total. The van der Waals surface area contributed by atoms with Crippen molar-refractivity contribution in [1.82, 2.24) is 0 Å². The zero-order chi connectivity index (χ0) is 9.23. The topological polar surface area (TPSA) is 9.23 Å². The second-order valence-corrected chi connectivity index (χ2v) is 3.24. The van der Waals surface area contributed by atoms with Crippen molar-refractivity contribution in [1.29, 1.82) is 0 Å². The summed E-state index contributed by atoms with van der Waals surface area (Å²) >= 11 is 5.00. The lowest BCUT2D eigenvalue weighted by Crippen LogP contribution is -2.01. The molecule has 1 nitrogen and oxygen atoms in total. The Hall–Kier alpha value is -0.370. The van der Waals surface area contributed by atoms with Crippen molar-refractivity contribution < 1.29 is 4.74 Å². The molecule has 0 heterocycles. The maximum atomic E-state index is 5.18. The van der Waals surface area contributed by atoms with Crippen LogP contribution in [0.1, 0.15) is 39.0 Å². The van der Waals surface area contributed by atoms with Crippen LogP contribution in [0.3, 0.4) is 0 Å². The Morgan fingerprint density at radius 3 is 2.75 bits per heavy atom. The van der Waals surface area contributed by atoms with Gasteiger partial charge in [-0.1, -0.05) is 38.8 Å². The lowest BCUT2D eigenvalue weighted by molar-refractivity contribution is 0.348. The van der Waals surface area contributed by atoms with Crippen molar-refractivity contribution >= 4 is 17.3 Å². The van der Waals surface area contributed by atoms with Crippen LogP contribution in [-0.2, 0) is 4.74 Å². The molecule has 0 unspecified atom stereocenters. The summed E-state index contributed by atoms with van der Waals surface area (Å²) in [6.45, 7) is 6.31. The van der Waals surface area contributed by atoms with E-state index in [1.165, 1.54) is 19.3 Å². The fourth-order valence-electron chi connectivity index (χ4n) is 0.920. The molecule has 0 saturated carbocycles. The third kappa shape index (κ3) is 7.73. The summed E-state index contributed by atoms with van der Waals surface area (Å²) < 4.78 is 5.18. The minimum atomic E-state index is 0.548. The first-order valence-corrected chi connectivity index (χ1v) is 4.98. The monoisotopic (exact) mass is 186 g/mol. The molecule has 0 radical (unpaired) electrons. The van der Waals surface area contributed by atoms with Crippen LogP contribution in [0.2, 0.25) is 0 Å². The van der Waals surface area contributed by atoms with Crippen molar-refractivity contribution in [3.63, 3.8) is 0 Å². The zero-order valence-corrected chi connectivity index (χ0v) is 8.66. The van der Waals surface area contributed by atoms with Crippen molar-refractivity contribution in [3.05, 3.63) is 12.7 Å². The summed E-state index contributed by atoms with van der Waals surface area (Å²) in [4.78, 5) is 0. The Morgan fingerprint density at radius 1 is 1.42 bits per heavy atom. The molecule has 0 aliphatic carbocycles. The van der Waals surface area contributed by atoms with Gasteiger partial charge in [-0.05, 0) is 18.6 Å². The van der Waals surface area contributed by atoms with Crippen LogP contribution in [0.4, 0.5) is 0 Å². The van der Waals surface area contributed by atoms with Gasteiger partial charge >= 0.3 is 0 Å². The molecular formula is C10H18OS. The molecule has 0 bridgehead atoms. The Labute approximate surface area is 80.8 Å². The number of rotatable bonds is 7. The van der Waals surface area contributed by atoms with E-state index in [-0.39, 0.29) is 0 Å². The first kappa shape index (κ1) is 11.6. The Balaban J connectivity index is 3.13. The Kier molecular flexibility index (Phi) is 8.46. The number of ether oxygens (including phenoxy) is 1. The normalized spacial score (nSPS) is 9.42. The second-order valence-electron chi connectivity index (χ2n) is 2.78. The SMILES string of the molecule is C=CCOC(=S)CCCCCC. The van der Waals surface area contributed by atoms with Crippen molar-refractivity contribution in [3.8, 4) is 0 Å². The highest BCUT2D eigenvalue weighted by molar-refractivity contribution is 7.80. The molecule has 12 heavy (non-hydrogen) atoms. The van der Waals surface area contributed by atoms with Gasteiger partial charge in [-0.3, -0.25) is 0 Å². The third-order valence-electron chi connectivity index (χ3n) is 1.60. The smallest absolute Gasteiger partial charge is 0.160 e. The van der Waals surface area contributed by atoms with E-state index in [4.69, 9.17) is 17.0 Å². The van der Waals surface area contributed by atoms with Crippen LogP contribution in [-0.4, -0.2) is 11.7 Å². The quantitative estimate of drug-likeness (QED) is 0.342. The standard InChI is InChI=1S/C10H18OS/c1-3-5-6-7-8-10(12)11-9-4-2/h4H,2-3,5-9H2,1H3. The molecule has 0 aromatic heterocycles. The van der Waals surface area contributed by atoms with E-state index in [9.17, 15) is 0 Å². The van der Waals surface area contributed by atoms with E-state index in [2.05, 4.69) is 13.5 Å². The van der Waals surface area contributed by atoms with Gasteiger partial charge in [0.15, 0.2) is 5.05 Å². The Bertz CT molecular complexity index is 132. The minimum Gasteiger partial charge on any atom is -0.483 e. The highest BCUT2D eigenvalue weighted by Gasteiger charge is 1.95. The largest absolute Gasteiger partial charge is 0.483 e. The highest BCUT2D eigenvalue weighted by atomic mass is 32.1. The van der Waals surface area contributed by atoms with Crippen LogP contribution in [0.5, 0.6) is 0 Å². The van der Waals surface area contributed by atoms with E-state index < -0.39 is 0 Å². The minimum absolute atomic E-state index is 0.548. The summed E-state index contributed by atoms with van der Waals surface area (Å²) in [5.74, 6) is 0. The van der Waals surface area contributed by atoms with Gasteiger partial charge in [0, 0.05) is 6.42 Å². The molecule has 0 fully saturated rings. The molecule has 2 heteroatoms. The zero-order valence-electron chi connectivity index (χ0n) is 7.84. The molecule has 0 saturated heterocycles. The van der Waals surface area contributed by atoms with Gasteiger partial charge in [0.2, 0.25) is 0 Å². The molecule has 0 amide bonds. The van der Waals surface area contributed by atoms with E-state index in [1.54, 1.807) is 6.08 Å². The number of hydrogen-bond acceptors (Lipinski definition) is 2. The van der Waals surface area contributed by atoms with Crippen LogP contribution >= 0.6 is 12.2 Å². The molecule has 0 atom stereocenters. The van der Waals surface area contributed by atoms with Crippen LogP contribution in [0.25, 0.3) is 0 Å². The molecule has 0 rings (SSSR count). The van der Waals surface area contributed by atoms with Crippen molar-refractivity contribution in [2.45, 2.75) is 39.0 Å². The van der Waals surface area contributed by atoms with Crippen molar-refractivity contribution in [2.75, 3.05) is 6.61 Å². The second kappa shape index (κ2) is 8.72. The molecule has 0 aromatic carbocycles. The summed E-state index contributed by atoms with van der Waals surface area (Å²) in [6.07, 6.45) is 7.61. The van der Waals surface area contributed by atoms with Crippen LogP contribution in [0, 0.1) is 0 Å². The van der Waals surface area contributed by atoms with Gasteiger partial charge in [-0.15, -0.1) is 0 Å². The van der Waals surface area contributed by atoms with Gasteiger partial charge in [0.25, 0.3) is 0 Å². The van der Waals surface area contributed by atoms with Crippen LogP contribution < -0.4 is 0 Å². The first-order chi connectivity index (χ1) is 5.81. The van der Waals surface area contributed by atoms with E-state index in [0.717, 1.165) is 17.9 Å². The summed E-state index contributed by atoms with van der Waals surface area (Å²) in [6, 6.07) is 0. The van der Waals surface area contributed by atoms with Gasteiger partial charge in [0.1, 0.15) is 6.61 Å². The number of thiocarbonyl (C=S) groups is 1. The number of hydrogen-bond donors (Lipinski definition) is 0. The Morgan fingerprint density at radius 2 is 2.17 bits per heavy atom. The van der Waals surface area contributed by atoms with Gasteiger partial charge in [-0.2, -0.15) is 0 Å². The summed E-state index contributed by atoms with van der Waals surface area (Å²) in [7, 11) is 0. The van der Waals surface area contributed by atoms with E-state index >= 15 is 0 Å². The molecule has 0 aromatic rings. The summed E-state index contributed by atoms with van der Waals surface area (Å²) in [5, 5.41) is 0.728. The molecule has 0 aliphatic rings. The van der Waals surface area contributed by atoms with E-state index in [0.29, 0.717) is 6.61 Å². The predicted molar refractivity (Wildman–Crippen MR) is 57.5 cm³/mol. The lowest BCUT2D eigenvalue weighted by Gasteiger charge is -2.03. The maximum Gasteiger partial charge on any atom is 0.160 e.